The first-order valence-corrected chi connectivity index (χ1v) is 16.6. The van der Waals surface area contributed by atoms with Gasteiger partial charge >= 0.3 is 0 Å². The number of rotatable bonds is 15. The van der Waals surface area contributed by atoms with E-state index in [1.807, 2.05) is 43.3 Å². The van der Waals surface area contributed by atoms with Crippen LogP contribution in [0.2, 0.25) is 5.02 Å². The molecule has 4 aromatic rings. The first-order valence-electron chi connectivity index (χ1n) is 14.8. The molecule has 0 heterocycles. The molecule has 1 N–H and O–H groups in total. The quantitative estimate of drug-likeness (QED) is 0.157. The molecule has 236 valence electrons. The summed E-state index contributed by atoms with van der Waals surface area (Å²) in [6, 6.07) is 30.0. The third-order valence-corrected chi connectivity index (χ3v) is 9.32. The number of hydrogen-bond acceptors (Lipinski definition) is 5. The molecule has 0 aliphatic rings. The van der Waals surface area contributed by atoms with E-state index < -0.39 is 28.5 Å². The summed E-state index contributed by atoms with van der Waals surface area (Å²) in [4.78, 5) is 29.8. The number of nitrogens with one attached hydrogen (secondary N) is 1. The minimum atomic E-state index is -4.20. The summed E-state index contributed by atoms with van der Waals surface area (Å²) < 4.78 is 34.6. The molecule has 8 nitrogen and oxygen atoms in total. The van der Waals surface area contributed by atoms with Crippen molar-refractivity contribution in [1.29, 1.82) is 0 Å². The molecule has 0 saturated heterocycles. The van der Waals surface area contributed by atoms with Gasteiger partial charge in [-0.2, -0.15) is 0 Å². The summed E-state index contributed by atoms with van der Waals surface area (Å²) >= 11 is 6.30. The van der Waals surface area contributed by atoms with E-state index >= 15 is 0 Å². The van der Waals surface area contributed by atoms with Gasteiger partial charge in [-0.25, -0.2) is 8.42 Å². The predicted octanol–water partition coefficient (Wildman–Crippen LogP) is 6.10. The number of ether oxygens (including phenoxy) is 1. The molecule has 0 aliphatic carbocycles. The molecule has 45 heavy (non-hydrogen) atoms. The second kappa shape index (κ2) is 16.1. The maximum absolute atomic E-state index is 14.5. The van der Waals surface area contributed by atoms with Crippen LogP contribution in [-0.4, -0.2) is 51.4 Å². The van der Waals surface area contributed by atoms with Crippen molar-refractivity contribution < 1.29 is 22.7 Å². The van der Waals surface area contributed by atoms with Crippen molar-refractivity contribution >= 4 is 39.1 Å². The molecule has 4 rings (SSSR count). The average Bonchev–Trinajstić information content (AvgIpc) is 3.06. The van der Waals surface area contributed by atoms with Gasteiger partial charge in [0.05, 0.1) is 17.7 Å². The minimum Gasteiger partial charge on any atom is -0.497 e. The Hall–Kier alpha value is -4.34. The molecule has 0 radical (unpaired) electrons. The van der Waals surface area contributed by atoms with E-state index in [4.69, 9.17) is 16.3 Å². The van der Waals surface area contributed by atoms with E-state index in [9.17, 15) is 18.0 Å². The molecule has 0 aliphatic heterocycles. The zero-order valence-electron chi connectivity index (χ0n) is 25.4. The number of anilines is 1. The minimum absolute atomic E-state index is 0.0279. The van der Waals surface area contributed by atoms with Crippen LogP contribution < -0.4 is 14.4 Å². The number of unbranched alkanes of at least 4 members (excludes halogenated alkanes) is 1. The Bertz CT molecular complexity index is 1670. The van der Waals surface area contributed by atoms with Crippen LogP contribution >= 0.6 is 11.6 Å². The van der Waals surface area contributed by atoms with Gasteiger partial charge in [0.15, 0.2) is 0 Å². The number of halogens is 1. The number of sulfonamides is 1. The van der Waals surface area contributed by atoms with Crippen LogP contribution in [0.1, 0.15) is 30.9 Å². The molecule has 0 fully saturated rings. The fourth-order valence-corrected chi connectivity index (χ4v) is 6.55. The van der Waals surface area contributed by atoms with E-state index in [1.54, 1.807) is 60.7 Å². The predicted molar refractivity (Wildman–Crippen MR) is 178 cm³/mol. The fraction of sp³-hybridized carbons (Fsp3) is 0.257. The van der Waals surface area contributed by atoms with Gasteiger partial charge < -0.3 is 15.0 Å². The Morgan fingerprint density at radius 2 is 1.53 bits per heavy atom. The molecule has 4 aromatic carbocycles. The van der Waals surface area contributed by atoms with Crippen LogP contribution in [0.25, 0.3) is 0 Å². The molecular formula is C35H38ClN3O5S. The van der Waals surface area contributed by atoms with Crippen molar-refractivity contribution in [2.24, 2.45) is 0 Å². The Labute approximate surface area is 270 Å². The van der Waals surface area contributed by atoms with Gasteiger partial charge in [0, 0.05) is 30.6 Å². The van der Waals surface area contributed by atoms with E-state index in [2.05, 4.69) is 5.32 Å². The van der Waals surface area contributed by atoms with Crippen molar-refractivity contribution in [1.82, 2.24) is 10.2 Å². The number of amides is 2. The SMILES string of the molecule is CCCCNC(=O)[C@@H](Cc1ccccc1)N(Cc1cccc(Cl)c1)C(=O)CN(c1cccc(OC)c1)S(=O)(=O)c1ccccc1. The van der Waals surface area contributed by atoms with Gasteiger partial charge in [0.2, 0.25) is 11.8 Å². The molecule has 0 saturated carbocycles. The monoisotopic (exact) mass is 647 g/mol. The standard InChI is InChI=1S/C35H38ClN3O5S/c1-3-4-21-37-35(41)33(23-27-13-7-5-8-14-27)38(25-28-15-11-16-29(36)22-28)34(40)26-39(30-17-12-18-31(24-30)44-2)45(42,43)32-19-9-6-10-20-32/h5-20,22,24,33H,3-4,21,23,25-26H2,1-2H3,(H,37,41)/t33-/m1/s1. The zero-order chi connectivity index (χ0) is 32.2. The largest absolute Gasteiger partial charge is 0.497 e. The summed E-state index contributed by atoms with van der Waals surface area (Å²) in [6.45, 7) is 1.97. The Morgan fingerprint density at radius 3 is 2.20 bits per heavy atom. The Balaban J connectivity index is 1.79. The summed E-state index contributed by atoms with van der Waals surface area (Å²) in [6.07, 6.45) is 1.91. The first kappa shape index (κ1) is 33.6. The second-order valence-corrected chi connectivity index (χ2v) is 12.8. The number of benzene rings is 4. The van der Waals surface area contributed by atoms with Crippen LogP contribution in [-0.2, 0) is 32.6 Å². The molecular weight excluding hydrogens is 610 g/mol. The zero-order valence-corrected chi connectivity index (χ0v) is 27.0. The van der Waals surface area contributed by atoms with Crippen LogP contribution in [0.5, 0.6) is 5.75 Å². The molecule has 0 bridgehead atoms. The molecule has 0 spiro atoms. The molecule has 2 amide bonds. The fourth-order valence-electron chi connectivity index (χ4n) is 4.91. The van der Waals surface area contributed by atoms with Gasteiger partial charge in [0.25, 0.3) is 10.0 Å². The number of nitrogens with zero attached hydrogens (tertiary/aromatic N) is 2. The lowest BCUT2D eigenvalue weighted by atomic mass is 10.0. The third-order valence-electron chi connectivity index (χ3n) is 7.29. The van der Waals surface area contributed by atoms with Crippen molar-refractivity contribution in [3.63, 3.8) is 0 Å². The van der Waals surface area contributed by atoms with Gasteiger partial charge in [-0.1, -0.05) is 91.7 Å². The van der Waals surface area contributed by atoms with E-state index in [0.717, 1.165) is 22.7 Å². The maximum Gasteiger partial charge on any atom is 0.264 e. The summed E-state index contributed by atoms with van der Waals surface area (Å²) in [5.41, 5.74) is 1.81. The van der Waals surface area contributed by atoms with E-state index in [0.29, 0.717) is 22.9 Å². The highest BCUT2D eigenvalue weighted by Gasteiger charge is 2.34. The summed E-state index contributed by atoms with van der Waals surface area (Å²) in [5.74, 6) is -0.438. The van der Waals surface area contributed by atoms with Crippen molar-refractivity contribution in [2.45, 2.75) is 43.7 Å². The molecule has 1 atom stereocenters. The highest BCUT2D eigenvalue weighted by Crippen LogP contribution is 2.28. The van der Waals surface area contributed by atoms with Gasteiger partial charge in [-0.05, 0) is 53.9 Å². The lowest BCUT2D eigenvalue weighted by Gasteiger charge is -2.34. The normalized spacial score (nSPS) is 11.8. The van der Waals surface area contributed by atoms with Gasteiger partial charge in [-0.15, -0.1) is 0 Å². The summed E-state index contributed by atoms with van der Waals surface area (Å²) in [7, 11) is -2.72. The number of methoxy groups -OCH3 is 1. The van der Waals surface area contributed by atoms with Crippen molar-refractivity contribution in [3.8, 4) is 5.75 Å². The number of carbonyl (C=O) groups excluding carboxylic acids is 2. The van der Waals surface area contributed by atoms with E-state index in [-0.39, 0.29) is 29.5 Å². The average molecular weight is 648 g/mol. The third kappa shape index (κ3) is 9.09. The first-order chi connectivity index (χ1) is 21.7. The van der Waals surface area contributed by atoms with Crippen LogP contribution in [0.15, 0.2) is 114 Å². The molecule has 0 unspecified atom stereocenters. The molecule has 10 heteroatoms. The van der Waals surface area contributed by atoms with Crippen molar-refractivity contribution in [3.05, 3.63) is 125 Å². The highest BCUT2D eigenvalue weighted by molar-refractivity contribution is 7.92. The van der Waals surface area contributed by atoms with Crippen LogP contribution in [0.4, 0.5) is 5.69 Å². The van der Waals surface area contributed by atoms with Crippen LogP contribution in [0.3, 0.4) is 0 Å². The Morgan fingerprint density at radius 1 is 0.867 bits per heavy atom. The van der Waals surface area contributed by atoms with E-state index in [1.165, 1.54) is 24.1 Å². The lowest BCUT2D eigenvalue weighted by Crippen LogP contribution is -2.53. The number of hydrogen-bond donors (Lipinski definition) is 1. The Kier molecular flexibility index (Phi) is 12.0. The van der Waals surface area contributed by atoms with Gasteiger partial charge in [-0.3, -0.25) is 13.9 Å². The highest BCUT2D eigenvalue weighted by atomic mass is 35.5. The van der Waals surface area contributed by atoms with Crippen molar-refractivity contribution in [2.75, 3.05) is 24.5 Å². The maximum atomic E-state index is 14.5. The number of carbonyl (C=O) groups is 2. The summed E-state index contributed by atoms with van der Waals surface area (Å²) in [5, 5.41) is 3.47. The molecule has 0 aromatic heterocycles. The topological polar surface area (TPSA) is 96.0 Å². The second-order valence-electron chi connectivity index (χ2n) is 10.5. The lowest BCUT2D eigenvalue weighted by molar-refractivity contribution is -0.140. The smallest absolute Gasteiger partial charge is 0.264 e. The van der Waals surface area contributed by atoms with Crippen LogP contribution in [0, 0.1) is 0 Å². The van der Waals surface area contributed by atoms with Gasteiger partial charge in [0.1, 0.15) is 18.3 Å².